The van der Waals surface area contributed by atoms with Gasteiger partial charge in [-0.1, -0.05) is 18.2 Å². The highest BCUT2D eigenvalue weighted by atomic mass is 16.5. The second-order valence-corrected chi connectivity index (χ2v) is 6.74. The Hall–Kier alpha value is -3.02. The molecule has 28 heavy (non-hydrogen) atoms. The number of carbonyl (C=O) groups is 2. The van der Waals surface area contributed by atoms with E-state index in [9.17, 15) is 9.59 Å². The van der Waals surface area contributed by atoms with Crippen LogP contribution in [0.4, 0.5) is 0 Å². The largest absolute Gasteiger partial charge is 0.494 e. The lowest BCUT2D eigenvalue weighted by Gasteiger charge is -2.15. The van der Waals surface area contributed by atoms with Gasteiger partial charge in [0.15, 0.2) is 6.61 Å². The highest BCUT2D eigenvalue weighted by molar-refractivity contribution is 5.76. The number of rotatable bonds is 10. The first-order valence-electron chi connectivity index (χ1n) is 9.29. The zero-order valence-electron chi connectivity index (χ0n) is 16.5. The summed E-state index contributed by atoms with van der Waals surface area (Å²) in [6.45, 7) is 6.11. The number of carbonyl (C=O) groups excluding carboxylic acids is 1. The molecule has 0 saturated heterocycles. The van der Waals surface area contributed by atoms with Gasteiger partial charge in [0.05, 0.1) is 12.6 Å². The number of nitrogens with one attached hydrogen (secondary N) is 1. The Morgan fingerprint density at radius 3 is 2.32 bits per heavy atom. The summed E-state index contributed by atoms with van der Waals surface area (Å²) >= 11 is 0. The molecule has 2 aromatic rings. The van der Waals surface area contributed by atoms with Crippen molar-refractivity contribution in [1.29, 1.82) is 0 Å². The van der Waals surface area contributed by atoms with Crippen LogP contribution in [0.15, 0.2) is 42.5 Å². The molecule has 0 bridgehead atoms. The molecule has 2 rings (SSSR count). The van der Waals surface area contributed by atoms with Gasteiger partial charge in [-0.15, -0.1) is 0 Å². The first kappa shape index (κ1) is 21.3. The van der Waals surface area contributed by atoms with Crippen molar-refractivity contribution in [3.05, 3.63) is 59.2 Å². The minimum Gasteiger partial charge on any atom is -0.494 e. The van der Waals surface area contributed by atoms with Crippen LogP contribution in [0.5, 0.6) is 11.5 Å². The van der Waals surface area contributed by atoms with Crippen molar-refractivity contribution >= 4 is 11.9 Å². The van der Waals surface area contributed by atoms with Crippen molar-refractivity contribution in [3.63, 3.8) is 0 Å². The molecule has 150 valence electrons. The fourth-order valence-corrected chi connectivity index (χ4v) is 2.62. The number of carboxylic acid groups (broad SMARTS) is 1. The van der Waals surface area contributed by atoms with Crippen LogP contribution in [0.2, 0.25) is 0 Å². The smallest absolute Gasteiger partial charge is 0.341 e. The molecule has 0 heterocycles. The van der Waals surface area contributed by atoms with Crippen LogP contribution < -0.4 is 14.8 Å². The highest BCUT2D eigenvalue weighted by Crippen LogP contribution is 2.18. The number of benzene rings is 2. The van der Waals surface area contributed by atoms with E-state index in [2.05, 4.69) is 12.2 Å². The number of aliphatic carboxylic acids is 1. The van der Waals surface area contributed by atoms with Crippen LogP contribution in [0, 0.1) is 13.8 Å². The van der Waals surface area contributed by atoms with E-state index >= 15 is 0 Å². The SMILES string of the molecule is Cc1ccc(OCCCC(=O)NC(C)c2ccc(OCC(=O)O)cc2)cc1C. The Morgan fingerprint density at radius 2 is 1.68 bits per heavy atom. The van der Waals surface area contributed by atoms with Gasteiger partial charge in [-0.2, -0.15) is 0 Å². The Labute approximate surface area is 165 Å². The number of hydrogen-bond donors (Lipinski definition) is 2. The highest BCUT2D eigenvalue weighted by Gasteiger charge is 2.10. The monoisotopic (exact) mass is 385 g/mol. The number of ether oxygens (including phenoxy) is 2. The van der Waals surface area contributed by atoms with Gasteiger partial charge in [0.1, 0.15) is 11.5 Å². The van der Waals surface area contributed by atoms with E-state index in [1.165, 1.54) is 11.1 Å². The van der Waals surface area contributed by atoms with E-state index in [-0.39, 0.29) is 18.6 Å². The zero-order chi connectivity index (χ0) is 20.5. The van der Waals surface area contributed by atoms with Gasteiger partial charge >= 0.3 is 5.97 Å². The maximum absolute atomic E-state index is 12.1. The van der Waals surface area contributed by atoms with E-state index < -0.39 is 5.97 Å². The van der Waals surface area contributed by atoms with E-state index in [0.717, 1.165) is 11.3 Å². The van der Waals surface area contributed by atoms with Gasteiger partial charge < -0.3 is 19.9 Å². The second kappa shape index (κ2) is 10.3. The molecule has 6 nitrogen and oxygen atoms in total. The lowest BCUT2D eigenvalue weighted by atomic mass is 10.1. The molecule has 0 aliphatic rings. The molecule has 0 aromatic heterocycles. The summed E-state index contributed by atoms with van der Waals surface area (Å²) in [4.78, 5) is 22.6. The predicted octanol–water partition coefficient (Wildman–Crippen LogP) is 3.80. The van der Waals surface area contributed by atoms with Crippen LogP contribution in [0.25, 0.3) is 0 Å². The summed E-state index contributed by atoms with van der Waals surface area (Å²) in [5.41, 5.74) is 3.33. The van der Waals surface area contributed by atoms with Crippen molar-refractivity contribution in [2.45, 2.75) is 39.7 Å². The van der Waals surface area contributed by atoms with Gasteiger partial charge in [0.25, 0.3) is 0 Å². The number of amides is 1. The molecule has 0 fully saturated rings. The quantitative estimate of drug-likeness (QED) is 0.608. The third-order valence-corrected chi connectivity index (χ3v) is 4.42. The number of carboxylic acids is 1. The van der Waals surface area contributed by atoms with Crippen LogP contribution in [-0.4, -0.2) is 30.2 Å². The minimum atomic E-state index is -1.02. The van der Waals surface area contributed by atoms with Crippen LogP contribution in [0.1, 0.15) is 42.5 Å². The van der Waals surface area contributed by atoms with Crippen LogP contribution in [0.3, 0.4) is 0 Å². The fourth-order valence-electron chi connectivity index (χ4n) is 2.62. The van der Waals surface area contributed by atoms with Crippen molar-refractivity contribution in [2.24, 2.45) is 0 Å². The first-order valence-corrected chi connectivity index (χ1v) is 9.29. The average molecular weight is 385 g/mol. The van der Waals surface area contributed by atoms with E-state index in [1.807, 2.05) is 44.2 Å². The first-order chi connectivity index (χ1) is 13.3. The van der Waals surface area contributed by atoms with Gasteiger partial charge in [-0.25, -0.2) is 4.79 Å². The molecule has 2 aromatic carbocycles. The predicted molar refractivity (Wildman–Crippen MR) is 107 cm³/mol. The topological polar surface area (TPSA) is 84.9 Å². The van der Waals surface area contributed by atoms with Gasteiger partial charge in [0, 0.05) is 6.42 Å². The molecule has 1 amide bonds. The van der Waals surface area contributed by atoms with E-state index in [0.29, 0.717) is 25.2 Å². The van der Waals surface area contributed by atoms with Crippen LogP contribution in [-0.2, 0) is 9.59 Å². The summed E-state index contributed by atoms with van der Waals surface area (Å²) in [5, 5.41) is 11.6. The third kappa shape index (κ3) is 6.95. The summed E-state index contributed by atoms with van der Waals surface area (Å²) in [5.74, 6) is 0.240. The molecular weight excluding hydrogens is 358 g/mol. The Kier molecular flexibility index (Phi) is 7.87. The Morgan fingerprint density at radius 1 is 1.00 bits per heavy atom. The number of aryl methyl sites for hydroxylation is 2. The van der Waals surface area contributed by atoms with Crippen molar-refractivity contribution in [3.8, 4) is 11.5 Å². The summed E-state index contributed by atoms with van der Waals surface area (Å²) < 4.78 is 10.8. The third-order valence-electron chi connectivity index (χ3n) is 4.42. The second-order valence-electron chi connectivity index (χ2n) is 6.74. The van der Waals surface area contributed by atoms with Crippen molar-refractivity contribution < 1.29 is 24.2 Å². The van der Waals surface area contributed by atoms with E-state index in [1.54, 1.807) is 12.1 Å². The average Bonchev–Trinajstić information content (AvgIpc) is 2.66. The summed E-state index contributed by atoms with van der Waals surface area (Å²) in [6.07, 6.45) is 1.02. The van der Waals surface area contributed by atoms with Gasteiger partial charge in [-0.05, 0) is 68.1 Å². The Balaban J connectivity index is 1.71. The molecule has 6 heteroatoms. The molecule has 0 aliphatic heterocycles. The molecule has 1 unspecified atom stereocenters. The maximum Gasteiger partial charge on any atom is 0.341 e. The van der Waals surface area contributed by atoms with Crippen molar-refractivity contribution in [1.82, 2.24) is 5.32 Å². The standard InChI is InChI=1S/C22H27NO5/c1-15-6-9-20(13-16(15)2)27-12-4-5-21(24)23-17(3)18-7-10-19(11-8-18)28-14-22(25)26/h6-11,13,17H,4-5,12,14H2,1-3H3,(H,23,24)(H,25,26). The normalized spacial score (nSPS) is 11.5. The molecule has 0 spiro atoms. The molecule has 1 atom stereocenters. The summed E-state index contributed by atoms with van der Waals surface area (Å²) in [7, 11) is 0. The van der Waals surface area contributed by atoms with Gasteiger partial charge in [-0.3, -0.25) is 4.79 Å². The zero-order valence-corrected chi connectivity index (χ0v) is 16.5. The lowest BCUT2D eigenvalue weighted by Crippen LogP contribution is -2.26. The lowest BCUT2D eigenvalue weighted by molar-refractivity contribution is -0.139. The Bertz CT molecular complexity index is 801. The summed E-state index contributed by atoms with van der Waals surface area (Å²) in [6, 6.07) is 12.8. The fraction of sp³-hybridized carbons (Fsp3) is 0.364. The molecular formula is C22H27NO5. The van der Waals surface area contributed by atoms with Gasteiger partial charge in [0.2, 0.25) is 5.91 Å². The van der Waals surface area contributed by atoms with Crippen molar-refractivity contribution in [2.75, 3.05) is 13.2 Å². The molecule has 2 N–H and O–H groups in total. The number of hydrogen-bond acceptors (Lipinski definition) is 4. The molecule has 0 aliphatic carbocycles. The van der Waals surface area contributed by atoms with Crippen LogP contribution >= 0.6 is 0 Å². The maximum atomic E-state index is 12.1. The minimum absolute atomic E-state index is 0.0395. The molecule has 0 radical (unpaired) electrons. The van der Waals surface area contributed by atoms with E-state index in [4.69, 9.17) is 14.6 Å². The molecule has 0 saturated carbocycles.